The zero-order valence-corrected chi connectivity index (χ0v) is 13.9. The van der Waals surface area contributed by atoms with E-state index in [1.807, 2.05) is 0 Å². The second kappa shape index (κ2) is 7.55. The van der Waals surface area contributed by atoms with Gasteiger partial charge in [0.15, 0.2) is 0 Å². The fourth-order valence-electron chi connectivity index (χ4n) is 2.89. The van der Waals surface area contributed by atoms with Crippen LogP contribution in [0.5, 0.6) is 5.75 Å². The Balaban J connectivity index is 1.70. The zero-order valence-electron chi connectivity index (χ0n) is 13.9. The Kier molecular flexibility index (Phi) is 5.20. The molecule has 1 aromatic heterocycles. The van der Waals surface area contributed by atoms with Crippen molar-refractivity contribution in [2.45, 2.75) is 25.3 Å². The van der Waals surface area contributed by atoms with Crippen LogP contribution < -0.4 is 15.7 Å². The van der Waals surface area contributed by atoms with Gasteiger partial charge in [-0.2, -0.15) is 0 Å². The number of carbonyl (C=O) groups excluding carboxylic acids is 1. The third kappa shape index (κ3) is 3.84. The number of benzene rings is 1. The van der Waals surface area contributed by atoms with Crippen LogP contribution in [0, 0.1) is 0 Å². The van der Waals surface area contributed by atoms with Crippen LogP contribution >= 0.6 is 0 Å². The van der Waals surface area contributed by atoms with Crippen molar-refractivity contribution < 1.29 is 24.4 Å². The summed E-state index contributed by atoms with van der Waals surface area (Å²) in [6.07, 6.45) is 1.89. The summed E-state index contributed by atoms with van der Waals surface area (Å²) in [6, 6.07) is 8.24. The highest BCUT2D eigenvalue weighted by atomic mass is 16.5. The number of aromatic nitrogens is 1. The molecule has 0 fully saturated rings. The molecule has 0 aliphatic carbocycles. The number of nitrogens with two attached hydrogens (primary N) is 1. The standard InChI is InChI=1S/C17H18BN3O5/c19-9-10-4-5-20-12(6-10)8-15(22)21-14-7-11-2-1-3-13(17(23)24)16(11)26-18(14)25/h1-6,14,25H,7-9,19H2,(H,21,22)(H,23,24). The van der Waals surface area contributed by atoms with Gasteiger partial charge in [0, 0.05) is 18.4 Å². The van der Waals surface area contributed by atoms with Crippen molar-refractivity contribution in [1.82, 2.24) is 10.3 Å². The van der Waals surface area contributed by atoms with Crippen molar-refractivity contribution in [3.8, 4) is 5.75 Å². The number of pyridine rings is 1. The predicted octanol–water partition coefficient (Wildman–Crippen LogP) is -0.0794. The van der Waals surface area contributed by atoms with Crippen LogP contribution in [0.2, 0.25) is 0 Å². The molecule has 2 heterocycles. The molecule has 5 N–H and O–H groups in total. The molecule has 26 heavy (non-hydrogen) atoms. The monoisotopic (exact) mass is 355 g/mol. The van der Waals surface area contributed by atoms with Crippen LogP contribution in [0.25, 0.3) is 0 Å². The van der Waals surface area contributed by atoms with E-state index in [0.29, 0.717) is 17.8 Å². The summed E-state index contributed by atoms with van der Waals surface area (Å²) in [5.74, 6) is -2.01. The maximum atomic E-state index is 12.3. The molecule has 0 saturated heterocycles. The summed E-state index contributed by atoms with van der Waals surface area (Å²) >= 11 is 0. The van der Waals surface area contributed by atoms with Crippen molar-refractivity contribution >= 4 is 19.0 Å². The van der Waals surface area contributed by atoms with E-state index in [1.165, 1.54) is 6.07 Å². The van der Waals surface area contributed by atoms with Crippen LogP contribution in [-0.2, 0) is 24.2 Å². The van der Waals surface area contributed by atoms with Crippen LogP contribution in [-0.4, -0.2) is 40.1 Å². The lowest BCUT2D eigenvalue weighted by molar-refractivity contribution is -0.120. The van der Waals surface area contributed by atoms with E-state index in [0.717, 1.165) is 5.56 Å². The lowest BCUT2D eigenvalue weighted by atomic mass is 9.72. The maximum absolute atomic E-state index is 12.3. The van der Waals surface area contributed by atoms with Crippen LogP contribution in [0.3, 0.4) is 0 Å². The summed E-state index contributed by atoms with van der Waals surface area (Å²) in [5, 5.41) is 22.1. The van der Waals surface area contributed by atoms with E-state index in [1.54, 1.807) is 30.5 Å². The molecular formula is C17H18BN3O5. The largest absolute Gasteiger partial charge is 0.547 e. The maximum Gasteiger partial charge on any atom is 0.547 e. The molecule has 8 nitrogen and oxygen atoms in total. The summed E-state index contributed by atoms with van der Waals surface area (Å²) in [5.41, 5.74) is 7.62. The number of hydrogen-bond donors (Lipinski definition) is 4. The van der Waals surface area contributed by atoms with E-state index < -0.39 is 19.0 Å². The predicted molar refractivity (Wildman–Crippen MR) is 93.5 cm³/mol. The molecule has 9 heteroatoms. The minimum atomic E-state index is -1.34. The molecular weight excluding hydrogens is 337 g/mol. The molecule has 1 aliphatic rings. The third-order valence-corrected chi connectivity index (χ3v) is 4.15. The molecule has 1 atom stereocenters. The molecule has 1 aromatic carbocycles. The lowest BCUT2D eigenvalue weighted by Gasteiger charge is -2.28. The highest BCUT2D eigenvalue weighted by Gasteiger charge is 2.37. The lowest BCUT2D eigenvalue weighted by Crippen LogP contribution is -2.53. The zero-order chi connectivity index (χ0) is 18.7. The van der Waals surface area contributed by atoms with Gasteiger partial charge in [0.1, 0.15) is 5.75 Å². The van der Waals surface area contributed by atoms with Crippen molar-refractivity contribution in [3.63, 3.8) is 0 Å². The van der Waals surface area contributed by atoms with Gasteiger partial charge < -0.3 is 25.8 Å². The molecule has 0 bridgehead atoms. The smallest absolute Gasteiger partial charge is 0.534 e. The summed E-state index contributed by atoms with van der Waals surface area (Å²) in [7, 11) is -1.34. The second-order valence-electron chi connectivity index (χ2n) is 6.02. The number of carboxylic acid groups (broad SMARTS) is 1. The molecule has 134 valence electrons. The number of hydrogen-bond acceptors (Lipinski definition) is 6. The van der Waals surface area contributed by atoms with Crippen molar-refractivity contribution in [2.75, 3.05) is 0 Å². The van der Waals surface area contributed by atoms with E-state index in [2.05, 4.69) is 10.3 Å². The van der Waals surface area contributed by atoms with Crippen molar-refractivity contribution in [3.05, 3.63) is 58.9 Å². The van der Waals surface area contributed by atoms with Gasteiger partial charge >= 0.3 is 13.1 Å². The van der Waals surface area contributed by atoms with Gasteiger partial charge in [-0.25, -0.2) is 4.79 Å². The van der Waals surface area contributed by atoms with Gasteiger partial charge in [0.05, 0.1) is 17.9 Å². The highest BCUT2D eigenvalue weighted by Crippen LogP contribution is 2.30. The van der Waals surface area contributed by atoms with Crippen LogP contribution in [0.4, 0.5) is 0 Å². The summed E-state index contributed by atoms with van der Waals surface area (Å²) in [6.45, 7) is 0.356. The Morgan fingerprint density at radius 2 is 2.19 bits per heavy atom. The Hall–Kier alpha value is -2.91. The Labute approximate surface area is 150 Å². The first kappa shape index (κ1) is 17.9. The first-order valence-electron chi connectivity index (χ1n) is 8.11. The van der Waals surface area contributed by atoms with E-state index >= 15 is 0 Å². The first-order valence-corrected chi connectivity index (χ1v) is 8.11. The molecule has 1 amide bonds. The van der Waals surface area contributed by atoms with Gasteiger partial charge in [-0.05, 0) is 35.7 Å². The average Bonchev–Trinajstić information content (AvgIpc) is 2.61. The van der Waals surface area contributed by atoms with Gasteiger partial charge in [0.25, 0.3) is 0 Å². The van der Waals surface area contributed by atoms with Gasteiger partial charge in [0.2, 0.25) is 5.91 Å². The van der Waals surface area contributed by atoms with E-state index in [-0.39, 0.29) is 30.1 Å². The Morgan fingerprint density at radius 3 is 2.92 bits per heavy atom. The normalized spacial score (nSPS) is 15.8. The quantitative estimate of drug-likeness (QED) is 0.551. The number of para-hydroxylation sites is 1. The van der Waals surface area contributed by atoms with E-state index in [4.69, 9.17) is 10.4 Å². The summed E-state index contributed by atoms with van der Waals surface area (Å²) < 4.78 is 5.35. The molecule has 0 spiro atoms. The van der Waals surface area contributed by atoms with Crippen LogP contribution in [0.15, 0.2) is 36.5 Å². The molecule has 2 aromatic rings. The number of nitrogens with zero attached hydrogens (tertiary/aromatic N) is 1. The Morgan fingerprint density at radius 1 is 1.38 bits per heavy atom. The fraction of sp³-hybridized carbons (Fsp3) is 0.235. The van der Waals surface area contributed by atoms with E-state index in [9.17, 15) is 19.7 Å². The number of amides is 1. The number of carboxylic acids is 1. The summed E-state index contributed by atoms with van der Waals surface area (Å²) in [4.78, 5) is 27.6. The molecule has 0 radical (unpaired) electrons. The molecule has 1 aliphatic heterocycles. The fourth-order valence-corrected chi connectivity index (χ4v) is 2.89. The number of fused-ring (bicyclic) bond motifs is 1. The van der Waals surface area contributed by atoms with Gasteiger partial charge in [-0.1, -0.05) is 12.1 Å². The SMILES string of the molecule is NCc1ccnc(CC(=O)NC2Cc3cccc(C(=O)O)c3OB2O)c1. The minimum Gasteiger partial charge on any atom is -0.534 e. The average molecular weight is 355 g/mol. The van der Waals surface area contributed by atoms with Crippen molar-refractivity contribution in [2.24, 2.45) is 5.73 Å². The second-order valence-corrected chi connectivity index (χ2v) is 6.02. The van der Waals surface area contributed by atoms with Crippen molar-refractivity contribution in [1.29, 1.82) is 0 Å². The Bertz CT molecular complexity index is 845. The van der Waals surface area contributed by atoms with Gasteiger partial charge in [-0.3, -0.25) is 9.78 Å². The minimum absolute atomic E-state index is 0.0193. The first-order chi connectivity index (χ1) is 12.5. The molecule has 1 unspecified atom stereocenters. The topological polar surface area (TPSA) is 135 Å². The molecule has 3 rings (SSSR count). The van der Waals surface area contributed by atoms with Crippen LogP contribution in [0.1, 0.15) is 27.2 Å². The molecule has 0 saturated carbocycles. The number of carbonyl (C=O) groups is 2. The third-order valence-electron chi connectivity index (χ3n) is 4.15. The number of aromatic carboxylic acids is 1. The van der Waals surface area contributed by atoms with Gasteiger partial charge in [-0.15, -0.1) is 0 Å². The number of nitrogens with one attached hydrogen (secondary N) is 1. The highest BCUT2D eigenvalue weighted by molar-refractivity contribution is 6.47. The number of rotatable bonds is 5.